The van der Waals surface area contributed by atoms with Gasteiger partial charge in [-0.15, -0.1) is 0 Å². The van der Waals surface area contributed by atoms with Gasteiger partial charge in [0.25, 0.3) is 0 Å². The summed E-state index contributed by atoms with van der Waals surface area (Å²) in [7, 11) is 0. The summed E-state index contributed by atoms with van der Waals surface area (Å²) in [5.41, 5.74) is 2.57. The van der Waals surface area contributed by atoms with Crippen LogP contribution in [0.4, 0.5) is 11.6 Å². The zero-order valence-corrected chi connectivity index (χ0v) is 11.6. The summed E-state index contributed by atoms with van der Waals surface area (Å²) < 4.78 is 0. The van der Waals surface area contributed by atoms with Gasteiger partial charge in [0.1, 0.15) is 17.5 Å². The molecule has 0 aromatic carbocycles. The molecule has 0 aliphatic heterocycles. The Hall–Kier alpha value is -1.01. The highest BCUT2D eigenvalue weighted by Crippen LogP contribution is 2.17. The highest BCUT2D eigenvalue weighted by molar-refractivity contribution is 7.98. The molecule has 0 amide bonds. The highest BCUT2D eigenvalue weighted by atomic mass is 32.2. The third-order valence-corrected chi connectivity index (χ3v) is 3.05. The molecule has 0 bridgehead atoms. The Labute approximate surface area is 107 Å². The van der Waals surface area contributed by atoms with Crippen molar-refractivity contribution >= 4 is 23.4 Å². The molecule has 0 aliphatic rings. The number of thioether (sulfide) groups is 1. The van der Waals surface area contributed by atoms with E-state index in [4.69, 9.17) is 5.84 Å². The van der Waals surface area contributed by atoms with Crippen molar-refractivity contribution in [3.8, 4) is 0 Å². The van der Waals surface area contributed by atoms with Crippen LogP contribution in [-0.2, 0) is 0 Å². The van der Waals surface area contributed by atoms with E-state index in [0.717, 1.165) is 17.4 Å². The number of nitrogens with zero attached hydrogens (tertiary/aromatic N) is 2. The minimum absolute atomic E-state index is 0.278. The highest BCUT2D eigenvalue weighted by Gasteiger charge is 2.09. The van der Waals surface area contributed by atoms with Crippen molar-refractivity contribution in [2.24, 2.45) is 5.84 Å². The van der Waals surface area contributed by atoms with Gasteiger partial charge in [0.05, 0.1) is 0 Å². The molecule has 0 saturated heterocycles. The van der Waals surface area contributed by atoms with Crippen LogP contribution in [0.25, 0.3) is 0 Å². The van der Waals surface area contributed by atoms with Gasteiger partial charge in [0.15, 0.2) is 0 Å². The number of hydrogen-bond donors (Lipinski definition) is 3. The number of rotatable bonds is 6. The molecule has 5 nitrogen and oxygen atoms in total. The second-order valence-corrected chi connectivity index (χ2v) is 5.21. The molecular formula is C11H21N5S. The Morgan fingerprint density at radius 1 is 1.29 bits per heavy atom. The summed E-state index contributed by atoms with van der Waals surface area (Å²) in [6.45, 7) is 6.25. The normalized spacial score (nSPS) is 12.6. The van der Waals surface area contributed by atoms with Crippen molar-refractivity contribution in [3.05, 3.63) is 11.9 Å². The Morgan fingerprint density at radius 2 is 1.94 bits per heavy atom. The molecule has 1 atom stereocenters. The van der Waals surface area contributed by atoms with Gasteiger partial charge in [-0.1, -0.05) is 13.8 Å². The van der Waals surface area contributed by atoms with Crippen LogP contribution in [0.2, 0.25) is 0 Å². The van der Waals surface area contributed by atoms with E-state index in [0.29, 0.717) is 11.9 Å². The second-order valence-electron chi connectivity index (χ2n) is 4.30. The number of nitrogens with one attached hydrogen (secondary N) is 2. The van der Waals surface area contributed by atoms with Crippen LogP contribution in [0.5, 0.6) is 0 Å². The van der Waals surface area contributed by atoms with E-state index in [-0.39, 0.29) is 5.92 Å². The molecule has 17 heavy (non-hydrogen) atoms. The van der Waals surface area contributed by atoms with Gasteiger partial charge in [-0.25, -0.2) is 15.8 Å². The number of nitrogen functional groups attached to an aromatic ring is 1. The standard InChI is InChI=1S/C11H21N5S/c1-7(2)11-14-9(5-10(15-11)16-12)13-8(3)6-17-4/h5,7-8H,6,12H2,1-4H3,(H2,13,14,15,16). The smallest absolute Gasteiger partial charge is 0.145 e. The fraction of sp³-hybridized carbons (Fsp3) is 0.636. The molecule has 1 unspecified atom stereocenters. The van der Waals surface area contributed by atoms with Gasteiger partial charge in [0, 0.05) is 23.8 Å². The minimum atomic E-state index is 0.278. The van der Waals surface area contributed by atoms with E-state index in [1.54, 1.807) is 11.8 Å². The third kappa shape index (κ3) is 4.40. The van der Waals surface area contributed by atoms with E-state index in [2.05, 4.69) is 47.7 Å². The quantitative estimate of drug-likeness (QED) is 0.533. The lowest BCUT2D eigenvalue weighted by atomic mass is 10.2. The fourth-order valence-electron chi connectivity index (χ4n) is 1.42. The molecule has 0 saturated carbocycles. The number of anilines is 2. The monoisotopic (exact) mass is 255 g/mol. The van der Waals surface area contributed by atoms with Crippen LogP contribution in [0.15, 0.2) is 6.07 Å². The lowest BCUT2D eigenvalue weighted by molar-refractivity contribution is 0.771. The summed E-state index contributed by atoms with van der Waals surface area (Å²) in [6.07, 6.45) is 2.09. The Balaban J connectivity index is 2.87. The predicted molar refractivity (Wildman–Crippen MR) is 75.4 cm³/mol. The van der Waals surface area contributed by atoms with Gasteiger partial charge in [0.2, 0.25) is 0 Å². The summed E-state index contributed by atoms with van der Waals surface area (Å²) in [5.74, 6) is 8.97. The fourth-order valence-corrected chi connectivity index (χ4v) is 2.00. The van der Waals surface area contributed by atoms with E-state index < -0.39 is 0 Å². The Morgan fingerprint density at radius 3 is 2.47 bits per heavy atom. The molecule has 0 fully saturated rings. The van der Waals surface area contributed by atoms with Crippen LogP contribution < -0.4 is 16.6 Å². The lowest BCUT2D eigenvalue weighted by Crippen LogP contribution is -2.20. The maximum atomic E-state index is 5.41. The number of aromatic nitrogens is 2. The van der Waals surface area contributed by atoms with Crippen molar-refractivity contribution in [2.75, 3.05) is 22.8 Å². The molecule has 0 spiro atoms. The molecule has 1 heterocycles. The molecule has 4 N–H and O–H groups in total. The second kappa shape index (κ2) is 6.66. The largest absolute Gasteiger partial charge is 0.367 e. The summed E-state index contributed by atoms with van der Waals surface area (Å²) in [6, 6.07) is 2.19. The predicted octanol–water partition coefficient (Wildman–Crippen LogP) is 2.05. The average molecular weight is 255 g/mol. The average Bonchev–Trinajstić information content (AvgIpc) is 2.28. The number of nitrogens with two attached hydrogens (primary N) is 1. The van der Waals surface area contributed by atoms with Crippen LogP contribution in [-0.4, -0.2) is 28.0 Å². The number of hydrazine groups is 1. The van der Waals surface area contributed by atoms with E-state index in [9.17, 15) is 0 Å². The maximum absolute atomic E-state index is 5.41. The first-order chi connectivity index (χ1) is 8.06. The molecule has 1 aromatic rings. The first-order valence-electron chi connectivity index (χ1n) is 5.68. The Bertz CT molecular complexity index is 356. The molecule has 96 valence electrons. The summed E-state index contributed by atoms with van der Waals surface area (Å²) in [5, 5.41) is 3.35. The van der Waals surface area contributed by atoms with Crippen molar-refractivity contribution in [3.63, 3.8) is 0 Å². The summed E-state index contributed by atoms with van der Waals surface area (Å²) >= 11 is 1.80. The first-order valence-corrected chi connectivity index (χ1v) is 7.07. The van der Waals surface area contributed by atoms with Crippen molar-refractivity contribution in [1.82, 2.24) is 9.97 Å². The maximum Gasteiger partial charge on any atom is 0.145 e. The SMILES string of the molecule is CSCC(C)Nc1cc(NN)nc(C(C)C)n1. The molecule has 1 rings (SSSR count). The molecule has 6 heteroatoms. The van der Waals surface area contributed by atoms with E-state index in [1.165, 1.54) is 0 Å². The molecular weight excluding hydrogens is 234 g/mol. The summed E-state index contributed by atoms with van der Waals surface area (Å²) in [4.78, 5) is 8.79. The molecule has 0 aliphatic carbocycles. The van der Waals surface area contributed by atoms with Crippen molar-refractivity contribution in [1.29, 1.82) is 0 Å². The Kier molecular flexibility index (Phi) is 5.50. The molecule has 0 radical (unpaired) electrons. The van der Waals surface area contributed by atoms with E-state index in [1.807, 2.05) is 6.07 Å². The van der Waals surface area contributed by atoms with Crippen LogP contribution in [0.3, 0.4) is 0 Å². The molecule has 1 aromatic heterocycles. The van der Waals surface area contributed by atoms with Crippen LogP contribution >= 0.6 is 11.8 Å². The van der Waals surface area contributed by atoms with E-state index >= 15 is 0 Å². The topological polar surface area (TPSA) is 75.9 Å². The van der Waals surface area contributed by atoms with Gasteiger partial charge in [-0.2, -0.15) is 11.8 Å². The van der Waals surface area contributed by atoms with Crippen LogP contribution in [0.1, 0.15) is 32.5 Å². The van der Waals surface area contributed by atoms with Crippen molar-refractivity contribution < 1.29 is 0 Å². The first kappa shape index (κ1) is 14.1. The van der Waals surface area contributed by atoms with Crippen molar-refractivity contribution in [2.45, 2.75) is 32.7 Å². The number of hydrogen-bond acceptors (Lipinski definition) is 6. The lowest BCUT2D eigenvalue weighted by Gasteiger charge is -2.15. The van der Waals surface area contributed by atoms with Gasteiger partial charge >= 0.3 is 0 Å². The van der Waals surface area contributed by atoms with Gasteiger partial charge in [-0.05, 0) is 13.2 Å². The minimum Gasteiger partial charge on any atom is -0.367 e. The van der Waals surface area contributed by atoms with Gasteiger partial charge in [-0.3, -0.25) is 0 Å². The third-order valence-electron chi connectivity index (χ3n) is 2.22. The zero-order chi connectivity index (χ0) is 12.8. The zero-order valence-electron chi connectivity index (χ0n) is 10.8. The van der Waals surface area contributed by atoms with Crippen LogP contribution in [0, 0.1) is 0 Å². The van der Waals surface area contributed by atoms with Gasteiger partial charge < -0.3 is 10.7 Å².